The second-order valence-corrected chi connectivity index (χ2v) is 10.5. The number of methoxy groups -OCH3 is 3. The molecule has 1 saturated heterocycles. The van der Waals surface area contributed by atoms with Gasteiger partial charge in [0.1, 0.15) is 12.1 Å². The van der Waals surface area contributed by atoms with Gasteiger partial charge in [-0.25, -0.2) is 0 Å². The molecule has 1 saturated carbocycles. The first-order chi connectivity index (χ1) is 17.7. The van der Waals surface area contributed by atoms with Gasteiger partial charge < -0.3 is 30.2 Å². The fourth-order valence-corrected chi connectivity index (χ4v) is 5.83. The smallest absolute Gasteiger partial charge is 0.243 e. The summed E-state index contributed by atoms with van der Waals surface area (Å²) in [6, 6.07) is 2.30. The van der Waals surface area contributed by atoms with Crippen molar-refractivity contribution in [3.05, 3.63) is 17.7 Å². The van der Waals surface area contributed by atoms with Crippen LogP contribution in [0.4, 0.5) is 0 Å². The van der Waals surface area contributed by atoms with Crippen LogP contribution in [0.3, 0.4) is 0 Å². The quantitative estimate of drug-likeness (QED) is 0.491. The van der Waals surface area contributed by atoms with Crippen LogP contribution in [-0.2, 0) is 14.4 Å². The summed E-state index contributed by atoms with van der Waals surface area (Å²) in [5, 5.41) is 2.82. The zero-order chi connectivity index (χ0) is 27.1. The van der Waals surface area contributed by atoms with Gasteiger partial charge in [0.15, 0.2) is 11.5 Å². The van der Waals surface area contributed by atoms with Gasteiger partial charge in [0.05, 0.1) is 27.2 Å². The number of carbonyl (C=O) groups excluding carboxylic acids is 3. The molecule has 1 aromatic carbocycles. The molecule has 2 fully saturated rings. The van der Waals surface area contributed by atoms with Crippen LogP contribution in [0.15, 0.2) is 12.1 Å². The van der Waals surface area contributed by atoms with E-state index in [0.29, 0.717) is 30.2 Å². The van der Waals surface area contributed by atoms with Crippen LogP contribution >= 0.6 is 0 Å². The van der Waals surface area contributed by atoms with Crippen LogP contribution in [0.5, 0.6) is 17.2 Å². The van der Waals surface area contributed by atoms with Gasteiger partial charge in [0.25, 0.3) is 0 Å². The minimum absolute atomic E-state index is 0.0683. The number of nitrogens with zero attached hydrogens (tertiary/aromatic N) is 1. The number of carbonyl (C=O) groups is 3. The Balaban J connectivity index is 1.99. The Morgan fingerprint density at radius 3 is 2.03 bits per heavy atom. The van der Waals surface area contributed by atoms with Gasteiger partial charge in [-0.05, 0) is 61.6 Å². The van der Waals surface area contributed by atoms with E-state index in [-0.39, 0.29) is 23.7 Å². The lowest BCUT2D eigenvalue weighted by molar-refractivity contribution is -0.145. The van der Waals surface area contributed by atoms with E-state index in [2.05, 4.69) is 5.32 Å². The number of hydrogen-bond donors (Lipinski definition) is 2. The summed E-state index contributed by atoms with van der Waals surface area (Å²) in [5.74, 6) is 0.0596. The van der Waals surface area contributed by atoms with E-state index in [1.54, 1.807) is 26.2 Å². The van der Waals surface area contributed by atoms with Crippen molar-refractivity contribution < 1.29 is 28.6 Å². The molecule has 37 heavy (non-hydrogen) atoms. The summed E-state index contributed by atoms with van der Waals surface area (Å²) in [6.45, 7) is 4.17. The van der Waals surface area contributed by atoms with Crippen molar-refractivity contribution in [3.63, 3.8) is 0 Å². The van der Waals surface area contributed by atoms with Crippen molar-refractivity contribution in [2.24, 2.45) is 17.6 Å². The highest BCUT2D eigenvalue weighted by molar-refractivity contribution is 5.93. The summed E-state index contributed by atoms with van der Waals surface area (Å²) in [5.41, 5.74) is 6.34. The number of rotatable bonds is 10. The van der Waals surface area contributed by atoms with Crippen LogP contribution in [0, 0.1) is 11.8 Å². The van der Waals surface area contributed by atoms with Crippen LogP contribution < -0.4 is 25.3 Å². The third-order valence-corrected chi connectivity index (χ3v) is 7.79. The van der Waals surface area contributed by atoms with Crippen molar-refractivity contribution >= 4 is 17.7 Å². The van der Waals surface area contributed by atoms with E-state index in [1.807, 2.05) is 26.0 Å². The number of hydrogen-bond acceptors (Lipinski definition) is 6. The number of ether oxygens (including phenoxy) is 3. The average Bonchev–Trinajstić information content (AvgIpc) is 2.91. The summed E-state index contributed by atoms with van der Waals surface area (Å²) in [7, 11) is 4.68. The SMILES string of the molecule is COc1cc(C(C(=O)N2CCCCC2C(=O)NC(C(N)=O)C(C)C)C2CCCCC2)cc(OC)c1OC. The highest BCUT2D eigenvalue weighted by atomic mass is 16.5. The van der Waals surface area contributed by atoms with Crippen LogP contribution in [0.25, 0.3) is 0 Å². The van der Waals surface area contributed by atoms with Gasteiger partial charge in [0.2, 0.25) is 23.5 Å². The first kappa shape index (κ1) is 28.6. The third kappa shape index (κ3) is 6.48. The number of primary amides is 1. The molecule has 3 unspecified atom stereocenters. The maximum absolute atomic E-state index is 14.4. The molecule has 0 radical (unpaired) electrons. The van der Waals surface area contributed by atoms with Gasteiger partial charge in [0, 0.05) is 6.54 Å². The highest BCUT2D eigenvalue weighted by Gasteiger charge is 2.41. The minimum Gasteiger partial charge on any atom is -0.493 e. The molecule has 0 aromatic heterocycles. The molecule has 1 heterocycles. The molecule has 3 N–H and O–H groups in total. The molecular weight excluding hydrogens is 474 g/mol. The Morgan fingerprint density at radius 2 is 1.51 bits per heavy atom. The Bertz CT molecular complexity index is 934. The van der Waals surface area contributed by atoms with E-state index in [9.17, 15) is 14.4 Å². The normalized spacial score (nSPS) is 20.2. The maximum atomic E-state index is 14.4. The van der Waals surface area contributed by atoms with Crippen molar-refractivity contribution in [1.29, 1.82) is 0 Å². The number of likely N-dealkylation sites (tertiary alicyclic amines) is 1. The van der Waals surface area contributed by atoms with E-state index in [1.165, 1.54) is 0 Å². The molecule has 1 aliphatic heterocycles. The lowest BCUT2D eigenvalue weighted by Crippen LogP contribution is -2.57. The molecule has 1 aromatic rings. The predicted octanol–water partition coefficient (Wildman–Crippen LogP) is 3.38. The number of piperidine rings is 1. The fourth-order valence-electron chi connectivity index (χ4n) is 5.83. The largest absolute Gasteiger partial charge is 0.493 e. The molecule has 0 bridgehead atoms. The molecule has 2 aliphatic rings. The molecule has 0 spiro atoms. The van der Waals surface area contributed by atoms with Crippen LogP contribution in [-0.4, -0.2) is 62.6 Å². The van der Waals surface area contributed by atoms with Gasteiger partial charge in [-0.15, -0.1) is 0 Å². The molecule has 3 rings (SSSR count). The third-order valence-electron chi connectivity index (χ3n) is 7.79. The summed E-state index contributed by atoms with van der Waals surface area (Å²) >= 11 is 0. The molecule has 3 amide bonds. The molecule has 3 atom stereocenters. The zero-order valence-corrected chi connectivity index (χ0v) is 22.9. The van der Waals surface area contributed by atoms with Gasteiger partial charge in [-0.3, -0.25) is 14.4 Å². The van der Waals surface area contributed by atoms with E-state index >= 15 is 0 Å². The molecular formula is C28H43N3O6. The van der Waals surface area contributed by atoms with E-state index in [0.717, 1.165) is 50.5 Å². The van der Waals surface area contributed by atoms with Crippen molar-refractivity contribution in [1.82, 2.24) is 10.2 Å². The number of amides is 3. The lowest BCUT2D eigenvalue weighted by Gasteiger charge is -2.40. The minimum atomic E-state index is -0.782. The zero-order valence-electron chi connectivity index (χ0n) is 22.9. The summed E-state index contributed by atoms with van der Waals surface area (Å²) in [6.07, 6.45) is 7.38. The van der Waals surface area contributed by atoms with E-state index < -0.39 is 23.9 Å². The van der Waals surface area contributed by atoms with Crippen LogP contribution in [0.2, 0.25) is 0 Å². The number of nitrogens with one attached hydrogen (secondary N) is 1. The first-order valence-electron chi connectivity index (χ1n) is 13.4. The predicted molar refractivity (Wildman–Crippen MR) is 141 cm³/mol. The lowest BCUT2D eigenvalue weighted by atomic mass is 9.75. The Hall–Kier alpha value is -2.97. The molecule has 9 heteroatoms. The second kappa shape index (κ2) is 13.0. The van der Waals surface area contributed by atoms with E-state index in [4.69, 9.17) is 19.9 Å². The maximum Gasteiger partial charge on any atom is 0.243 e. The monoisotopic (exact) mass is 517 g/mol. The Labute approximate surface area is 220 Å². The highest BCUT2D eigenvalue weighted by Crippen LogP contribution is 2.45. The van der Waals surface area contributed by atoms with Crippen molar-refractivity contribution in [3.8, 4) is 17.2 Å². The Morgan fingerprint density at radius 1 is 0.919 bits per heavy atom. The average molecular weight is 518 g/mol. The first-order valence-corrected chi connectivity index (χ1v) is 13.4. The van der Waals surface area contributed by atoms with Gasteiger partial charge in [-0.2, -0.15) is 0 Å². The second-order valence-electron chi connectivity index (χ2n) is 10.5. The molecule has 9 nitrogen and oxygen atoms in total. The van der Waals surface area contributed by atoms with Crippen molar-refractivity contribution in [2.45, 2.75) is 83.2 Å². The van der Waals surface area contributed by atoms with Crippen LogP contribution in [0.1, 0.15) is 76.7 Å². The topological polar surface area (TPSA) is 120 Å². The van der Waals surface area contributed by atoms with Crippen molar-refractivity contribution in [2.75, 3.05) is 27.9 Å². The number of benzene rings is 1. The van der Waals surface area contributed by atoms with Gasteiger partial charge in [-0.1, -0.05) is 33.1 Å². The Kier molecular flexibility index (Phi) is 10.1. The molecule has 206 valence electrons. The molecule has 1 aliphatic carbocycles. The fraction of sp³-hybridized carbons (Fsp3) is 0.679. The number of nitrogens with two attached hydrogens (primary N) is 1. The van der Waals surface area contributed by atoms with Gasteiger partial charge >= 0.3 is 0 Å². The summed E-state index contributed by atoms with van der Waals surface area (Å²) in [4.78, 5) is 41.4. The standard InChI is InChI=1S/C28H43N3O6/c1-17(2)24(26(29)32)30-27(33)20-13-9-10-14-31(20)28(34)23(18-11-7-6-8-12-18)19-15-21(35-3)25(37-5)22(16-19)36-4/h15-18,20,23-24H,6-14H2,1-5H3,(H2,29,32)(H,30,33). The summed E-state index contributed by atoms with van der Waals surface area (Å²) < 4.78 is 16.7.